The van der Waals surface area contributed by atoms with Crippen molar-refractivity contribution in [3.8, 4) is 5.75 Å². The molecule has 28 heavy (non-hydrogen) atoms. The lowest BCUT2D eigenvalue weighted by Crippen LogP contribution is -2.58. The monoisotopic (exact) mass is 405 g/mol. The molecule has 1 amide bonds. The van der Waals surface area contributed by atoms with Crippen molar-refractivity contribution in [2.75, 3.05) is 25.4 Å². The highest BCUT2D eigenvalue weighted by Gasteiger charge is 2.32. The normalized spacial score (nSPS) is 20.2. The Morgan fingerprint density at radius 2 is 1.89 bits per heavy atom. The molecule has 1 saturated heterocycles. The Morgan fingerprint density at radius 1 is 1.18 bits per heavy atom. The zero-order valence-electron chi connectivity index (χ0n) is 16.1. The van der Waals surface area contributed by atoms with Crippen molar-refractivity contribution in [3.05, 3.63) is 58.9 Å². The summed E-state index contributed by atoms with van der Waals surface area (Å²) < 4.78 is 18.7. The van der Waals surface area contributed by atoms with Gasteiger partial charge >= 0.3 is 0 Å². The molecule has 0 aromatic heterocycles. The zero-order valence-corrected chi connectivity index (χ0v) is 16.8. The average molecular weight is 406 g/mol. The highest BCUT2D eigenvalue weighted by Crippen LogP contribution is 2.25. The van der Waals surface area contributed by atoms with Crippen LogP contribution in [0.2, 0.25) is 5.02 Å². The molecule has 1 heterocycles. The van der Waals surface area contributed by atoms with Gasteiger partial charge in [-0.05, 0) is 49.7 Å². The minimum Gasteiger partial charge on any atom is -0.482 e. The summed E-state index contributed by atoms with van der Waals surface area (Å²) in [4.78, 5) is 16.8. The fourth-order valence-electron chi connectivity index (χ4n) is 3.46. The van der Waals surface area contributed by atoms with Crippen LogP contribution in [0.1, 0.15) is 19.4 Å². The molecule has 0 saturated carbocycles. The molecule has 2 atom stereocenters. The maximum absolute atomic E-state index is 13.1. The largest absolute Gasteiger partial charge is 0.482 e. The third-order valence-electron chi connectivity index (χ3n) is 5.06. The van der Waals surface area contributed by atoms with Gasteiger partial charge in [-0.25, -0.2) is 4.39 Å². The van der Waals surface area contributed by atoms with Crippen molar-refractivity contribution >= 4 is 23.2 Å². The number of nitrogen functional groups attached to an aromatic ring is 1. The summed E-state index contributed by atoms with van der Waals surface area (Å²) >= 11 is 5.88. The van der Waals surface area contributed by atoms with Gasteiger partial charge in [-0.15, -0.1) is 0 Å². The Balaban J connectivity index is 1.57. The number of nitrogens with zero attached hydrogens (tertiary/aromatic N) is 2. The number of carbonyl (C=O) groups is 1. The maximum Gasteiger partial charge on any atom is 0.260 e. The Morgan fingerprint density at radius 3 is 2.57 bits per heavy atom. The number of benzene rings is 2. The highest BCUT2D eigenvalue weighted by atomic mass is 35.5. The van der Waals surface area contributed by atoms with Crippen molar-refractivity contribution in [3.63, 3.8) is 0 Å². The number of carbonyl (C=O) groups excluding carboxylic acids is 1. The summed E-state index contributed by atoms with van der Waals surface area (Å²) in [7, 11) is 0. The lowest BCUT2D eigenvalue weighted by atomic mass is 10.1. The van der Waals surface area contributed by atoms with Crippen LogP contribution in [0.3, 0.4) is 0 Å². The van der Waals surface area contributed by atoms with Gasteiger partial charge in [0, 0.05) is 36.7 Å². The second-order valence-corrected chi connectivity index (χ2v) is 7.71. The molecule has 0 aliphatic carbocycles. The number of nitrogens with two attached hydrogens (primary N) is 1. The number of hydrogen-bond acceptors (Lipinski definition) is 4. The van der Waals surface area contributed by atoms with Crippen LogP contribution in [0.5, 0.6) is 5.75 Å². The molecule has 1 fully saturated rings. The van der Waals surface area contributed by atoms with E-state index in [1.165, 1.54) is 12.1 Å². The maximum atomic E-state index is 13.1. The first-order chi connectivity index (χ1) is 13.3. The SMILES string of the molecule is C[C@@H]1CN(C(=O)COc2ccc(Cl)cc2N)[C@@H](C)CN1Cc1ccc(F)cc1. The number of rotatable bonds is 5. The van der Waals surface area contributed by atoms with E-state index in [-0.39, 0.29) is 30.4 Å². The molecular formula is C21H25ClFN3O2. The predicted octanol–water partition coefficient (Wildman–Crippen LogP) is 3.56. The van der Waals surface area contributed by atoms with E-state index in [0.29, 0.717) is 23.0 Å². The molecule has 5 nitrogen and oxygen atoms in total. The first-order valence-corrected chi connectivity index (χ1v) is 9.67. The van der Waals surface area contributed by atoms with Crippen molar-refractivity contribution in [2.24, 2.45) is 0 Å². The predicted molar refractivity (Wildman–Crippen MR) is 109 cm³/mol. The van der Waals surface area contributed by atoms with Gasteiger partial charge in [0.15, 0.2) is 6.61 Å². The lowest BCUT2D eigenvalue weighted by Gasteiger charge is -2.44. The van der Waals surface area contributed by atoms with E-state index in [1.54, 1.807) is 30.3 Å². The summed E-state index contributed by atoms with van der Waals surface area (Å²) in [5.74, 6) is 0.144. The number of ether oxygens (including phenoxy) is 1. The molecule has 2 aromatic carbocycles. The average Bonchev–Trinajstić information content (AvgIpc) is 2.65. The standard InChI is InChI=1S/C21H25ClFN3O2/c1-14-11-26(21(27)13-28-20-8-5-17(22)9-19(20)24)15(2)10-25(14)12-16-3-6-18(23)7-4-16/h3-9,14-15H,10-13,24H2,1-2H3/t14-,15+/m1/s1. The minimum absolute atomic E-state index is 0.0512. The molecule has 0 radical (unpaired) electrons. The van der Waals surface area contributed by atoms with Gasteiger partial charge < -0.3 is 15.4 Å². The smallest absolute Gasteiger partial charge is 0.260 e. The number of hydrogen-bond donors (Lipinski definition) is 1. The van der Waals surface area contributed by atoms with E-state index in [9.17, 15) is 9.18 Å². The van der Waals surface area contributed by atoms with Gasteiger partial charge in [0.05, 0.1) is 5.69 Å². The van der Waals surface area contributed by atoms with Crippen LogP contribution < -0.4 is 10.5 Å². The van der Waals surface area contributed by atoms with E-state index in [0.717, 1.165) is 18.7 Å². The first kappa shape index (κ1) is 20.4. The van der Waals surface area contributed by atoms with E-state index in [1.807, 2.05) is 11.8 Å². The van der Waals surface area contributed by atoms with Crippen LogP contribution >= 0.6 is 11.6 Å². The minimum atomic E-state index is -0.234. The van der Waals surface area contributed by atoms with Gasteiger partial charge in [0.25, 0.3) is 5.91 Å². The molecule has 2 aromatic rings. The topological polar surface area (TPSA) is 58.8 Å². The van der Waals surface area contributed by atoms with Gasteiger partial charge in [-0.3, -0.25) is 9.69 Å². The Bertz CT molecular complexity index is 831. The fraction of sp³-hybridized carbons (Fsp3) is 0.381. The summed E-state index contributed by atoms with van der Waals surface area (Å²) in [6.45, 7) is 6.13. The summed E-state index contributed by atoms with van der Waals surface area (Å²) in [6, 6.07) is 11.7. The molecule has 0 spiro atoms. The van der Waals surface area contributed by atoms with E-state index < -0.39 is 0 Å². The highest BCUT2D eigenvalue weighted by molar-refractivity contribution is 6.30. The van der Waals surface area contributed by atoms with Gasteiger partial charge in [0.2, 0.25) is 0 Å². The van der Waals surface area contributed by atoms with Crippen LogP contribution in [0.15, 0.2) is 42.5 Å². The Labute approximate surface area is 169 Å². The van der Waals surface area contributed by atoms with E-state index in [4.69, 9.17) is 22.1 Å². The number of piperazine rings is 1. The molecule has 3 rings (SSSR count). The van der Waals surface area contributed by atoms with Crippen LogP contribution in [0.4, 0.5) is 10.1 Å². The van der Waals surface area contributed by atoms with Gasteiger partial charge in [-0.2, -0.15) is 0 Å². The molecule has 1 aliphatic rings. The second-order valence-electron chi connectivity index (χ2n) is 7.27. The van der Waals surface area contributed by atoms with Crippen molar-refractivity contribution in [1.29, 1.82) is 0 Å². The fourth-order valence-corrected chi connectivity index (χ4v) is 3.64. The van der Waals surface area contributed by atoms with Crippen molar-refractivity contribution in [2.45, 2.75) is 32.5 Å². The van der Waals surface area contributed by atoms with E-state index >= 15 is 0 Å². The molecule has 2 N–H and O–H groups in total. The van der Waals surface area contributed by atoms with Crippen molar-refractivity contribution < 1.29 is 13.9 Å². The third-order valence-corrected chi connectivity index (χ3v) is 5.29. The van der Waals surface area contributed by atoms with Crippen LogP contribution in [0, 0.1) is 5.82 Å². The van der Waals surface area contributed by atoms with Gasteiger partial charge in [0.1, 0.15) is 11.6 Å². The van der Waals surface area contributed by atoms with E-state index in [2.05, 4.69) is 11.8 Å². The molecule has 0 unspecified atom stereocenters. The van der Waals surface area contributed by atoms with Crippen LogP contribution in [-0.2, 0) is 11.3 Å². The quantitative estimate of drug-likeness (QED) is 0.773. The van der Waals surface area contributed by atoms with Crippen LogP contribution in [0.25, 0.3) is 0 Å². The third kappa shape index (κ3) is 4.94. The Kier molecular flexibility index (Phi) is 6.42. The van der Waals surface area contributed by atoms with Crippen molar-refractivity contribution in [1.82, 2.24) is 9.80 Å². The lowest BCUT2D eigenvalue weighted by molar-refractivity contribution is -0.139. The number of halogens is 2. The zero-order chi connectivity index (χ0) is 20.3. The number of amides is 1. The molecular weight excluding hydrogens is 381 g/mol. The molecule has 7 heteroatoms. The molecule has 0 bridgehead atoms. The molecule has 1 aliphatic heterocycles. The van der Waals surface area contributed by atoms with Crippen LogP contribution in [-0.4, -0.2) is 47.5 Å². The summed E-state index contributed by atoms with van der Waals surface area (Å²) in [6.07, 6.45) is 0. The second kappa shape index (κ2) is 8.80. The molecule has 150 valence electrons. The Hall–Kier alpha value is -2.31. The summed E-state index contributed by atoms with van der Waals surface area (Å²) in [5, 5.41) is 0.524. The first-order valence-electron chi connectivity index (χ1n) is 9.29. The summed E-state index contributed by atoms with van der Waals surface area (Å²) in [5.41, 5.74) is 7.34. The number of anilines is 1. The van der Waals surface area contributed by atoms with Gasteiger partial charge in [-0.1, -0.05) is 23.7 Å².